The molecule has 0 spiro atoms. The summed E-state index contributed by atoms with van der Waals surface area (Å²) in [4.78, 5) is 14.3. The summed E-state index contributed by atoms with van der Waals surface area (Å²) in [5, 5.41) is 5.88. The molecule has 0 aliphatic carbocycles. The molecular weight excluding hydrogens is 306 g/mol. The zero-order valence-corrected chi connectivity index (χ0v) is 14.7. The number of methoxy groups -OCH3 is 2. The van der Waals surface area contributed by atoms with Crippen molar-refractivity contribution in [1.82, 2.24) is 15.5 Å². The molecule has 0 aromatic heterocycles. The van der Waals surface area contributed by atoms with E-state index >= 15 is 0 Å². The molecule has 6 heteroatoms. The van der Waals surface area contributed by atoms with Crippen LogP contribution in [0.25, 0.3) is 0 Å². The second kappa shape index (κ2) is 10.2. The second-order valence-electron chi connectivity index (χ2n) is 6.19. The minimum atomic E-state index is -0.104. The Labute approximate surface area is 144 Å². The molecule has 1 aromatic rings. The van der Waals surface area contributed by atoms with E-state index in [0.29, 0.717) is 12.5 Å². The topological polar surface area (TPSA) is 62.8 Å². The molecule has 1 aliphatic heterocycles. The fourth-order valence-electron chi connectivity index (χ4n) is 2.86. The van der Waals surface area contributed by atoms with Crippen LogP contribution < -0.4 is 15.4 Å². The molecule has 134 valence electrons. The molecule has 2 rings (SSSR count). The molecule has 0 bridgehead atoms. The molecule has 2 amide bonds. The fourth-order valence-corrected chi connectivity index (χ4v) is 2.86. The van der Waals surface area contributed by atoms with E-state index in [1.165, 1.54) is 0 Å². The van der Waals surface area contributed by atoms with Crippen molar-refractivity contribution >= 4 is 6.03 Å². The number of carbonyl (C=O) groups is 1. The van der Waals surface area contributed by atoms with E-state index in [0.717, 1.165) is 56.9 Å². The highest BCUT2D eigenvalue weighted by atomic mass is 16.5. The number of ether oxygens (including phenoxy) is 2. The van der Waals surface area contributed by atoms with Crippen molar-refractivity contribution in [1.29, 1.82) is 0 Å². The van der Waals surface area contributed by atoms with Crippen LogP contribution in [0.1, 0.15) is 18.4 Å². The molecule has 24 heavy (non-hydrogen) atoms. The lowest BCUT2D eigenvalue weighted by atomic mass is 9.97. The highest BCUT2D eigenvalue weighted by Gasteiger charge is 2.19. The minimum absolute atomic E-state index is 0.104. The van der Waals surface area contributed by atoms with Crippen LogP contribution in [-0.4, -0.2) is 57.9 Å². The summed E-state index contributed by atoms with van der Waals surface area (Å²) in [5.41, 5.74) is 1.05. The van der Waals surface area contributed by atoms with Crippen LogP contribution in [0.15, 0.2) is 24.3 Å². The van der Waals surface area contributed by atoms with Gasteiger partial charge in [-0.05, 0) is 49.5 Å². The zero-order valence-electron chi connectivity index (χ0n) is 14.7. The first kappa shape index (κ1) is 18.5. The van der Waals surface area contributed by atoms with Gasteiger partial charge in [-0.25, -0.2) is 4.79 Å². The average Bonchev–Trinajstić information content (AvgIpc) is 2.64. The molecule has 6 nitrogen and oxygen atoms in total. The molecule has 2 N–H and O–H groups in total. The van der Waals surface area contributed by atoms with Gasteiger partial charge in [-0.15, -0.1) is 0 Å². The highest BCUT2D eigenvalue weighted by molar-refractivity contribution is 5.73. The number of nitrogens with one attached hydrogen (secondary N) is 2. The van der Waals surface area contributed by atoms with Crippen molar-refractivity contribution < 1.29 is 14.3 Å². The lowest BCUT2D eigenvalue weighted by molar-refractivity contribution is 0.120. The Hall–Kier alpha value is -1.79. The number of likely N-dealkylation sites (tertiary alicyclic amines) is 1. The highest BCUT2D eigenvalue weighted by Crippen LogP contribution is 2.16. The van der Waals surface area contributed by atoms with Gasteiger partial charge in [0.05, 0.1) is 13.7 Å². The maximum atomic E-state index is 11.9. The predicted octanol–water partition coefficient (Wildman–Crippen LogP) is 1.85. The summed E-state index contributed by atoms with van der Waals surface area (Å²) in [6.07, 6.45) is 2.25. The summed E-state index contributed by atoms with van der Waals surface area (Å²) in [6.45, 7) is 5.22. The second-order valence-corrected chi connectivity index (χ2v) is 6.19. The van der Waals surface area contributed by atoms with E-state index < -0.39 is 0 Å². The van der Waals surface area contributed by atoms with Crippen molar-refractivity contribution in [2.75, 3.05) is 47.0 Å². The van der Waals surface area contributed by atoms with E-state index in [4.69, 9.17) is 9.47 Å². The Morgan fingerprint density at radius 3 is 2.50 bits per heavy atom. The van der Waals surface area contributed by atoms with E-state index in [1.54, 1.807) is 14.2 Å². The average molecular weight is 335 g/mol. The zero-order chi connectivity index (χ0) is 17.2. The van der Waals surface area contributed by atoms with Gasteiger partial charge in [-0.3, -0.25) is 0 Å². The van der Waals surface area contributed by atoms with Crippen molar-refractivity contribution in [2.45, 2.75) is 19.4 Å². The SMILES string of the molecule is COCCN1CCC(CNC(=O)NCc2ccc(OC)cc2)CC1. The predicted molar refractivity (Wildman–Crippen MR) is 94.3 cm³/mol. The Balaban J connectivity index is 1.59. The number of urea groups is 1. The van der Waals surface area contributed by atoms with Crippen LogP contribution in [-0.2, 0) is 11.3 Å². The Morgan fingerprint density at radius 2 is 1.88 bits per heavy atom. The molecule has 0 atom stereocenters. The number of piperidine rings is 1. The summed E-state index contributed by atoms with van der Waals surface area (Å²) in [6, 6.07) is 7.59. The molecule has 1 aromatic carbocycles. The van der Waals surface area contributed by atoms with Gasteiger partial charge in [-0.1, -0.05) is 12.1 Å². The molecule has 1 fully saturated rings. The monoisotopic (exact) mass is 335 g/mol. The van der Waals surface area contributed by atoms with Gasteiger partial charge in [0.15, 0.2) is 0 Å². The van der Waals surface area contributed by atoms with Gasteiger partial charge in [-0.2, -0.15) is 0 Å². The third-order valence-corrected chi connectivity index (χ3v) is 4.48. The molecule has 1 saturated heterocycles. The van der Waals surface area contributed by atoms with Gasteiger partial charge in [0, 0.05) is 26.7 Å². The van der Waals surface area contributed by atoms with Gasteiger partial charge < -0.3 is 25.0 Å². The smallest absolute Gasteiger partial charge is 0.315 e. The molecule has 0 unspecified atom stereocenters. The van der Waals surface area contributed by atoms with Gasteiger partial charge in [0.1, 0.15) is 5.75 Å². The molecule has 0 radical (unpaired) electrons. The van der Waals surface area contributed by atoms with E-state index in [-0.39, 0.29) is 6.03 Å². The van der Waals surface area contributed by atoms with E-state index in [1.807, 2.05) is 24.3 Å². The number of amides is 2. The number of benzene rings is 1. The molecular formula is C18H29N3O3. The van der Waals surface area contributed by atoms with Crippen LogP contribution in [0, 0.1) is 5.92 Å². The Morgan fingerprint density at radius 1 is 1.17 bits per heavy atom. The van der Waals surface area contributed by atoms with Crippen LogP contribution in [0.3, 0.4) is 0 Å². The van der Waals surface area contributed by atoms with Crippen molar-refractivity contribution in [3.05, 3.63) is 29.8 Å². The first-order valence-corrected chi connectivity index (χ1v) is 8.57. The van der Waals surface area contributed by atoms with Crippen molar-refractivity contribution in [2.24, 2.45) is 5.92 Å². The van der Waals surface area contributed by atoms with Crippen LogP contribution in [0.2, 0.25) is 0 Å². The van der Waals surface area contributed by atoms with Crippen molar-refractivity contribution in [3.63, 3.8) is 0 Å². The standard InChI is InChI=1S/C18H29N3O3/c1-23-12-11-21-9-7-16(8-10-21)14-20-18(22)19-13-15-3-5-17(24-2)6-4-15/h3-6,16H,7-14H2,1-2H3,(H2,19,20,22). The quantitative estimate of drug-likeness (QED) is 0.761. The number of hydrogen-bond donors (Lipinski definition) is 2. The van der Waals surface area contributed by atoms with Gasteiger partial charge in [0.25, 0.3) is 0 Å². The van der Waals surface area contributed by atoms with Crippen LogP contribution >= 0.6 is 0 Å². The van der Waals surface area contributed by atoms with Crippen molar-refractivity contribution in [3.8, 4) is 5.75 Å². The Kier molecular flexibility index (Phi) is 7.85. The molecule has 1 aliphatic rings. The maximum Gasteiger partial charge on any atom is 0.315 e. The maximum absolute atomic E-state index is 11.9. The summed E-state index contributed by atoms with van der Waals surface area (Å²) >= 11 is 0. The number of hydrogen-bond acceptors (Lipinski definition) is 4. The fraction of sp³-hybridized carbons (Fsp3) is 0.611. The van der Waals surface area contributed by atoms with Crippen LogP contribution in [0.4, 0.5) is 4.79 Å². The lowest BCUT2D eigenvalue weighted by Gasteiger charge is -2.31. The Bertz CT molecular complexity index is 485. The normalized spacial score (nSPS) is 15.9. The number of rotatable bonds is 8. The first-order valence-electron chi connectivity index (χ1n) is 8.57. The summed E-state index contributed by atoms with van der Waals surface area (Å²) in [5.74, 6) is 1.38. The largest absolute Gasteiger partial charge is 0.497 e. The van der Waals surface area contributed by atoms with Crippen LogP contribution in [0.5, 0.6) is 5.75 Å². The molecule has 0 saturated carbocycles. The summed E-state index contributed by atoms with van der Waals surface area (Å²) < 4.78 is 10.2. The number of carbonyl (C=O) groups excluding carboxylic acids is 1. The third-order valence-electron chi connectivity index (χ3n) is 4.48. The molecule has 1 heterocycles. The third kappa shape index (κ3) is 6.37. The minimum Gasteiger partial charge on any atom is -0.497 e. The lowest BCUT2D eigenvalue weighted by Crippen LogP contribution is -2.42. The van der Waals surface area contributed by atoms with Gasteiger partial charge in [0.2, 0.25) is 0 Å². The van der Waals surface area contributed by atoms with E-state index in [9.17, 15) is 4.79 Å². The van der Waals surface area contributed by atoms with Gasteiger partial charge >= 0.3 is 6.03 Å². The summed E-state index contributed by atoms with van der Waals surface area (Å²) in [7, 11) is 3.38. The van der Waals surface area contributed by atoms with E-state index in [2.05, 4.69) is 15.5 Å². The number of nitrogens with zero attached hydrogens (tertiary/aromatic N) is 1. The first-order chi connectivity index (χ1) is 11.7.